The van der Waals surface area contributed by atoms with Crippen LogP contribution in [0.15, 0.2) is 0 Å². The van der Waals surface area contributed by atoms with Crippen molar-refractivity contribution in [2.75, 3.05) is 0 Å². The SMILES string of the molecule is CC(C)N(C(=S)S)C(C)C.[NaH]. The zero-order valence-corrected chi connectivity index (χ0v) is 8.67. The fourth-order valence-electron chi connectivity index (χ4n) is 1.04. The third-order valence-corrected chi connectivity index (χ3v) is 1.78. The summed E-state index contributed by atoms with van der Waals surface area (Å²) in [6.45, 7) is 8.45. The molecular formula is C7H16NNaS2. The van der Waals surface area contributed by atoms with Crippen LogP contribution in [0.5, 0.6) is 0 Å². The van der Waals surface area contributed by atoms with Crippen LogP contribution in [0.4, 0.5) is 0 Å². The number of hydrogen-bond donors (Lipinski definition) is 1. The standard InChI is InChI=1S/C7H15NS2.Na.H/c1-5(2)8(6(3)4)7(9)10;;/h5-6H,1-4H3,(H,9,10);;. The Morgan fingerprint density at radius 3 is 1.45 bits per heavy atom. The molecule has 11 heavy (non-hydrogen) atoms. The summed E-state index contributed by atoms with van der Waals surface area (Å²) < 4.78 is 0.685. The Hall–Kier alpha value is 1.24. The van der Waals surface area contributed by atoms with E-state index in [1.165, 1.54) is 0 Å². The molecule has 0 aliphatic rings. The first-order valence-electron chi connectivity index (χ1n) is 3.48. The van der Waals surface area contributed by atoms with Gasteiger partial charge in [0.25, 0.3) is 0 Å². The van der Waals surface area contributed by atoms with Gasteiger partial charge in [-0.3, -0.25) is 0 Å². The summed E-state index contributed by atoms with van der Waals surface area (Å²) in [6, 6.07) is 0.898. The van der Waals surface area contributed by atoms with Gasteiger partial charge in [-0.1, -0.05) is 12.2 Å². The average molecular weight is 201 g/mol. The molecular weight excluding hydrogens is 185 g/mol. The number of thiocarbonyl (C=S) groups is 1. The summed E-state index contributed by atoms with van der Waals surface area (Å²) in [5.41, 5.74) is 0. The molecule has 0 amide bonds. The van der Waals surface area contributed by atoms with Crippen molar-refractivity contribution < 1.29 is 0 Å². The van der Waals surface area contributed by atoms with Crippen LogP contribution in [0.25, 0.3) is 0 Å². The quantitative estimate of drug-likeness (QED) is 0.411. The van der Waals surface area contributed by atoms with Crippen LogP contribution >= 0.6 is 24.8 Å². The third-order valence-electron chi connectivity index (χ3n) is 1.33. The van der Waals surface area contributed by atoms with Gasteiger partial charge >= 0.3 is 29.6 Å². The normalized spacial score (nSPS) is 9.73. The van der Waals surface area contributed by atoms with E-state index in [1.807, 2.05) is 0 Å². The molecule has 0 rings (SSSR count). The molecule has 0 fully saturated rings. The van der Waals surface area contributed by atoms with Gasteiger partial charge in [-0.15, -0.1) is 12.6 Å². The number of rotatable bonds is 2. The predicted molar refractivity (Wildman–Crippen MR) is 60.8 cm³/mol. The van der Waals surface area contributed by atoms with Gasteiger partial charge in [-0.2, -0.15) is 0 Å². The van der Waals surface area contributed by atoms with Crippen LogP contribution in [0, 0.1) is 0 Å². The molecule has 0 radical (unpaired) electrons. The second kappa shape index (κ2) is 6.72. The van der Waals surface area contributed by atoms with Crippen LogP contribution < -0.4 is 0 Å². The molecule has 1 nitrogen and oxygen atoms in total. The minimum absolute atomic E-state index is 0. The topological polar surface area (TPSA) is 3.24 Å². The van der Waals surface area contributed by atoms with Gasteiger partial charge in [-0.05, 0) is 27.7 Å². The van der Waals surface area contributed by atoms with Crippen molar-refractivity contribution in [2.24, 2.45) is 0 Å². The number of thiol groups is 1. The zero-order valence-electron chi connectivity index (χ0n) is 6.96. The summed E-state index contributed by atoms with van der Waals surface area (Å²) >= 11 is 9.09. The Balaban J connectivity index is 0. The van der Waals surface area contributed by atoms with Crippen LogP contribution in [0.2, 0.25) is 0 Å². The molecule has 0 aromatic heterocycles. The Morgan fingerprint density at radius 2 is 1.45 bits per heavy atom. The second-order valence-electron chi connectivity index (χ2n) is 2.88. The molecule has 62 valence electrons. The molecule has 0 saturated heterocycles. The van der Waals surface area contributed by atoms with E-state index in [-0.39, 0.29) is 29.6 Å². The molecule has 4 heteroatoms. The first-order chi connectivity index (χ1) is 4.46. The van der Waals surface area contributed by atoms with E-state index >= 15 is 0 Å². The summed E-state index contributed by atoms with van der Waals surface area (Å²) in [5, 5.41) is 0. The average Bonchev–Trinajstić information content (AvgIpc) is 1.59. The molecule has 0 aliphatic carbocycles. The van der Waals surface area contributed by atoms with E-state index in [0.29, 0.717) is 16.4 Å². The monoisotopic (exact) mass is 201 g/mol. The molecule has 0 spiro atoms. The van der Waals surface area contributed by atoms with Crippen LogP contribution in [0.1, 0.15) is 27.7 Å². The van der Waals surface area contributed by atoms with Crippen molar-refractivity contribution >= 4 is 58.7 Å². The maximum atomic E-state index is 4.96. The van der Waals surface area contributed by atoms with E-state index in [4.69, 9.17) is 12.2 Å². The molecule has 0 aliphatic heterocycles. The maximum absolute atomic E-state index is 4.96. The first kappa shape index (κ1) is 14.7. The molecule has 0 saturated carbocycles. The van der Waals surface area contributed by atoms with E-state index in [2.05, 4.69) is 45.2 Å². The van der Waals surface area contributed by atoms with Gasteiger partial charge in [-0.25, -0.2) is 0 Å². The summed E-state index contributed by atoms with van der Waals surface area (Å²) in [5.74, 6) is 0. The molecule has 0 aromatic rings. The molecule has 0 aromatic carbocycles. The third kappa shape index (κ3) is 5.47. The van der Waals surface area contributed by atoms with Crippen LogP contribution in [0.3, 0.4) is 0 Å². The van der Waals surface area contributed by atoms with Crippen LogP contribution in [-0.4, -0.2) is 50.9 Å². The molecule has 0 unspecified atom stereocenters. The van der Waals surface area contributed by atoms with Gasteiger partial charge in [0.15, 0.2) is 0 Å². The van der Waals surface area contributed by atoms with Crippen molar-refractivity contribution in [3.05, 3.63) is 0 Å². The number of hydrogen-bond acceptors (Lipinski definition) is 1. The predicted octanol–water partition coefficient (Wildman–Crippen LogP) is 1.67. The number of nitrogens with zero attached hydrogens (tertiary/aromatic N) is 1. The Kier molecular flexibility index (Phi) is 9.01. The van der Waals surface area contributed by atoms with E-state index in [0.717, 1.165) is 0 Å². The van der Waals surface area contributed by atoms with Gasteiger partial charge < -0.3 is 4.90 Å². The van der Waals surface area contributed by atoms with Crippen molar-refractivity contribution in [3.63, 3.8) is 0 Å². The Morgan fingerprint density at radius 1 is 1.18 bits per heavy atom. The van der Waals surface area contributed by atoms with Crippen molar-refractivity contribution in [3.8, 4) is 0 Å². The fourth-order valence-corrected chi connectivity index (χ4v) is 1.92. The van der Waals surface area contributed by atoms with Crippen molar-refractivity contribution in [1.29, 1.82) is 0 Å². The summed E-state index contributed by atoms with van der Waals surface area (Å²) in [7, 11) is 0. The van der Waals surface area contributed by atoms with E-state index in [1.54, 1.807) is 0 Å². The zero-order chi connectivity index (χ0) is 8.31. The molecule has 0 heterocycles. The molecule has 0 N–H and O–H groups in total. The van der Waals surface area contributed by atoms with E-state index < -0.39 is 0 Å². The summed E-state index contributed by atoms with van der Waals surface area (Å²) in [4.78, 5) is 2.10. The van der Waals surface area contributed by atoms with Crippen molar-refractivity contribution in [2.45, 2.75) is 39.8 Å². The Bertz CT molecular complexity index is 118. The molecule has 0 bridgehead atoms. The first-order valence-corrected chi connectivity index (χ1v) is 4.33. The molecule has 0 atom stereocenters. The fraction of sp³-hybridized carbons (Fsp3) is 0.857. The van der Waals surface area contributed by atoms with Crippen LogP contribution in [-0.2, 0) is 0 Å². The van der Waals surface area contributed by atoms with E-state index in [9.17, 15) is 0 Å². The Labute approximate surface area is 103 Å². The van der Waals surface area contributed by atoms with Gasteiger partial charge in [0.1, 0.15) is 4.32 Å². The van der Waals surface area contributed by atoms with Crippen molar-refractivity contribution in [1.82, 2.24) is 4.90 Å². The summed E-state index contributed by atoms with van der Waals surface area (Å²) in [6.07, 6.45) is 0. The van der Waals surface area contributed by atoms with Gasteiger partial charge in [0, 0.05) is 12.1 Å². The van der Waals surface area contributed by atoms with Gasteiger partial charge in [0.05, 0.1) is 0 Å². The van der Waals surface area contributed by atoms with Gasteiger partial charge in [0.2, 0.25) is 0 Å². The minimum atomic E-state index is 0. The second-order valence-corrected chi connectivity index (χ2v) is 3.99.